The summed E-state index contributed by atoms with van der Waals surface area (Å²) in [6.07, 6.45) is 0. The summed E-state index contributed by atoms with van der Waals surface area (Å²) in [5.41, 5.74) is 1.51. The molecule has 1 amide bonds. The van der Waals surface area contributed by atoms with Crippen LogP contribution in [0.5, 0.6) is 0 Å². The molecule has 0 bridgehead atoms. The van der Waals surface area contributed by atoms with Gasteiger partial charge in [-0.1, -0.05) is 12.1 Å². The fourth-order valence-electron chi connectivity index (χ4n) is 1.56. The van der Waals surface area contributed by atoms with Gasteiger partial charge in [0.15, 0.2) is 9.95 Å². The first-order valence-corrected chi connectivity index (χ1v) is 5.44. The van der Waals surface area contributed by atoms with Crippen LogP contribution >= 0.6 is 0 Å². The van der Waals surface area contributed by atoms with E-state index in [9.17, 15) is 4.79 Å². The summed E-state index contributed by atoms with van der Waals surface area (Å²) in [7, 11) is 0. The first kappa shape index (κ1) is 12.2. The van der Waals surface area contributed by atoms with Crippen molar-refractivity contribution in [3.05, 3.63) is 64.0 Å². The Balaban J connectivity index is 2.21. The third-order valence-corrected chi connectivity index (χ3v) is 2.44. The van der Waals surface area contributed by atoms with Crippen LogP contribution in [0.4, 0.5) is 17.1 Å². The standard InChI is InChI=1S/C13H8N5O/c14-17-11-5-1-3-9(7-11)13(19)16-10-4-2-6-12(8-10)18-15/h1-8H/q+1/p+1. The highest BCUT2D eigenvalue weighted by atomic mass is 16.1. The molecule has 0 aliphatic rings. The molecule has 2 rings (SSSR count). The smallest absolute Gasteiger partial charge is 0.322 e. The molecule has 19 heavy (non-hydrogen) atoms. The number of hydrogen-bond acceptors (Lipinski definition) is 3. The average Bonchev–Trinajstić information content (AvgIpc) is 2.47. The third kappa shape index (κ3) is 2.90. The highest BCUT2D eigenvalue weighted by Gasteiger charge is 2.12. The molecule has 2 aromatic rings. The molecule has 0 unspecified atom stereocenters. The topological polar surface area (TPSA) is 85.4 Å². The number of benzene rings is 2. The second-order valence-electron chi connectivity index (χ2n) is 3.75. The molecule has 0 aromatic heterocycles. The molecule has 0 atom stereocenters. The number of nitrogens with one attached hydrogen (secondary N) is 1. The molecular weight excluding hydrogens is 242 g/mol. The number of carbonyl (C=O) groups is 1. The first-order chi connectivity index (χ1) is 9.22. The van der Waals surface area contributed by atoms with E-state index in [1.54, 1.807) is 36.4 Å². The molecule has 6 nitrogen and oxygen atoms in total. The second kappa shape index (κ2) is 5.39. The van der Waals surface area contributed by atoms with Gasteiger partial charge in [0.1, 0.15) is 0 Å². The molecule has 90 valence electrons. The summed E-state index contributed by atoms with van der Waals surface area (Å²) in [6, 6.07) is 12.7. The van der Waals surface area contributed by atoms with Crippen molar-refractivity contribution < 1.29 is 4.79 Å². The minimum Gasteiger partial charge on any atom is -0.322 e. The van der Waals surface area contributed by atoms with Crippen LogP contribution in [0.2, 0.25) is 0 Å². The van der Waals surface area contributed by atoms with E-state index in [1.807, 2.05) is 0 Å². The molecule has 6 heteroatoms. The largest absolute Gasteiger partial charge is 0.387 e. The number of hydrogen-bond donors (Lipinski definition) is 1. The van der Waals surface area contributed by atoms with Crippen LogP contribution in [0.3, 0.4) is 0 Å². The molecule has 2 aromatic carbocycles. The summed E-state index contributed by atoms with van der Waals surface area (Å²) >= 11 is 0. The van der Waals surface area contributed by atoms with Gasteiger partial charge in [-0.05, 0) is 12.1 Å². The van der Waals surface area contributed by atoms with Gasteiger partial charge in [0.2, 0.25) is 10.8 Å². The fourth-order valence-corrected chi connectivity index (χ4v) is 1.56. The Morgan fingerprint density at radius 2 is 1.58 bits per heavy atom. The summed E-state index contributed by atoms with van der Waals surface area (Å²) in [5, 5.41) is 20.0. The van der Waals surface area contributed by atoms with Crippen molar-refractivity contribution in [2.24, 2.45) is 0 Å². The minimum atomic E-state index is -0.347. The van der Waals surface area contributed by atoms with E-state index in [0.717, 1.165) is 0 Å². The van der Waals surface area contributed by atoms with E-state index < -0.39 is 0 Å². The van der Waals surface area contributed by atoms with Gasteiger partial charge in [-0.2, -0.15) is 0 Å². The zero-order valence-corrected chi connectivity index (χ0v) is 9.82. The zero-order chi connectivity index (χ0) is 13.7. The number of amides is 1. The van der Waals surface area contributed by atoms with Crippen molar-refractivity contribution in [3.63, 3.8) is 0 Å². The van der Waals surface area contributed by atoms with Crippen molar-refractivity contribution in [1.82, 2.24) is 0 Å². The number of carbonyl (C=O) groups excluding carboxylic acids is 1. The Kier molecular flexibility index (Phi) is 3.46. The lowest BCUT2D eigenvalue weighted by Crippen LogP contribution is -2.11. The molecule has 0 aliphatic carbocycles. The van der Waals surface area contributed by atoms with E-state index >= 15 is 0 Å². The molecule has 0 radical (unpaired) electrons. The summed E-state index contributed by atoms with van der Waals surface area (Å²) in [4.78, 5) is 18.0. The molecule has 0 spiro atoms. The number of nitrogens with zero attached hydrogens (tertiary/aromatic N) is 4. The quantitative estimate of drug-likeness (QED) is 0.821. The van der Waals surface area contributed by atoms with Gasteiger partial charge >= 0.3 is 11.4 Å². The van der Waals surface area contributed by atoms with Crippen molar-refractivity contribution in [1.29, 1.82) is 10.8 Å². The highest BCUT2D eigenvalue weighted by molar-refractivity contribution is 6.05. The Morgan fingerprint density at radius 3 is 2.26 bits per heavy atom. The first-order valence-electron chi connectivity index (χ1n) is 5.44. The van der Waals surface area contributed by atoms with Crippen molar-refractivity contribution in [2.45, 2.75) is 0 Å². The van der Waals surface area contributed by atoms with E-state index in [1.165, 1.54) is 12.1 Å². The van der Waals surface area contributed by atoms with Crippen molar-refractivity contribution in [3.8, 4) is 0 Å². The lowest BCUT2D eigenvalue weighted by Gasteiger charge is -2.02. The Hall–Kier alpha value is -3.25. The highest BCUT2D eigenvalue weighted by Crippen LogP contribution is 2.19. The van der Waals surface area contributed by atoms with E-state index in [2.05, 4.69) is 15.3 Å². The lowest BCUT2D eigenvalue weighted by molar-refractivity contribution is 0.102. The van der Waals surface area contributed by atoms with Crippen LogP contribution in [0.15, 0.2) is 48.5 Å². The van der Waals surface area contributed by atoms with E-state index in [-0.39, 0.29) is 5.91 Å². The minimum absolute atomic E-state index is 0.298. The number of rotatable bonds is 2. The molecule has 0 saturated heterocycles. The SMILES string of the molecule is N#[N+]c1cccc(NC(=O)c2cccc([N+]#N)c2)c1. The van der Waals surface area contributed by atoms with E-state index in [4.69, 9.17) is 10.8 Å². The maximum absolute atomic E-state index is 12.0. The zero-order valence-electron chi connectivity index (χ0n) is 9.82. The summed E-state index contributed by atoms with van der Waals surface area (Å²) in [5.74, 6) is -0.347. The summed E-state index contributed by atoms with van der Waals surface area (Å²) < 4.78 is 0. The van der Waals surface area contributed by atoms with Crippen LogP contribution in [-0.2, 0) is 0 Å². The van der Waals surface area contributed by atoms with Crippen molar-refractivity contribution >= 4 is 23.0 Å². The van der Waals surface area contributed by atoms with Crippen LogP contribution in [0, 0.1) is 10.8 Å². The molecule has 0 fully saturated rings. The normalized spacial score (nSPS) is 9.16. The maximum Gasteiger partial charge on any atom is 0.387 e. The summed E-state index contributed by atoms with van der Waals surface area (Å²) in [6.45, 7) is 0. The van der Waals surface area contributed by atoms with Gasteiger partial charge < -0.3 is 5.32 Å². The van der Waals surface area contributed by atoms with Crippen LogP contribution in [-0.4, -0.2) is 5.91 Å². The van der Waals surface area contributed by atoms with Gasteiger partial charge in [-0.25, -0.2) is 0 Å². The van der Waals surface area contributed by atoms with Crippen molar-refractivity contribution in [2.75, 3.05) is 5.32 Å². The molecule has 1 N–H and O–H groups in total. The van der Waals surface area contributed by atoms with Gasteiger partial charge in [0.05, 0.1) is 6.07 Å². The molecule has 0 aliphatic heterocycles. The lowest BCUT2D eigenvalue weighted by atomic mass is 10.2. The Labute approximate surface area is 108 Å². The predicted molar refractivity (Wildman–Crippen MR) is 70.3 cm³/mol. The number of anilines is 1. The van der Waals surface area contributed by atoms with Crippen LogP contribution in [0.25, 0.3) is 9.95 Å². The van der Waals surface area contributed by atoms with E-state index in [0.29, 0.717) is 22.6 Å². The van der Waals surface area contributed by atoms with Gasteiger partial charge in [-0.15, -0.1) is 0 Å². The van der Waals surface area contributed by atoms with Crippen LogP contribution < -0.4 is 5.32 Å². The Bertz CT molecular complexity index is 711. The second-order valence-corrected chi connectivity index (χ2v) is 3.75. The van der Waals surface area contributed by atoms with Gasteiger partial charge in [0, 0.05) is 29.4 Å². The monoisotopic (exact) mass is 251 g/mol. The molecular formula is C13H9N5O+2. The Morgan fingerprint density at radius 1 is 0.947 bits per heavy atom. The molecule has 0 saturated carbocycles. The maximum atomic E-state index is 12.0. The number of diazo groups is 2. The van der Waals surface area contributed by atoms with Gasteiger partial charge in [-0.3, -0.25) is 4.79 Å². The predicted octanol–water partition coefficient (Wildman–Crippen LogP) is 3.91. The van der Waals surface area contributed by atoms with Crippen LogP contribution in [0.1, 0.15) is 10.4 Å². The van der Waals surface area contributed by atoms with Gasteiger partial charge in [0.25, 0.3) is 5.91 Å². The average molecular weight is 251 g/mol. The molecule has 0 heterocycles. The fraction of sp³-hybridized carbons (Fsp3) is 0. The third-order valence-electron chi connectivity index (χ3n) is 2.44.